The first kappa shape index (κ1) is 22.2. The molecule has 0 bridgehead atoms. The van der Waals surface area contributed by atoms with Gasteiger partial charge < -0.3 is 9.80 Å². The highest BCUT2D eigenvalue weighted by Crippen LogP contribution is 2.28. The number of rotatable bonds is 6. The zero-order valence-electron chi connectivity index (χ0n) is 17.8. The van der Waals surface area contributed by atoms with Crippen molar-refractivity contribution in [2.75, 3.05) is 31.1 Å². The number of hydrogen-bond acceptors (Lipinski definition) is 5. The van der Waals surface area contributed by atoms with E-state index in [4.69, 9.17) is 16.6 Å². The van der Waals surface area contributed by atoms with E-state index in [1.807, 2.05) is 34.5 Å². The molecule has 1 aliphatic heterocycles. The highest BCUT2D eigenvalue weighted by molar-refractivity contribution is 8.00. The molecule has 4 rings (SSSR count). The molecule has 2 heterocycles. The topological polar surface area (TPSA) is 36.4 Å². The minimum atomic E-state index is 0.159. The molecule has 0 saturated carbocycles. The van der Waals surface area contributed by atoms with Gasteiger partial charge in [-0.3, -0.25) is 4.79 Å². The SMILES string of the molecule is Cc1ccc(C)c(CSc2nc(CC(=O)N3CCN(c4ccc(Cl)cc4)CC3)cs2)c1. The van der Waals surface area contributed by atoms with Gasteiger partial charge in [0.05, 0.1) is 12.1 Å². The van der Waals surface area contributed by atoms with E-state index in [-0.39, 0.29) is 5.91 Å². The van der Waals surface area contributed by atoms with Crippen molar-refractivity contribution in [3.63, 3.8) is 0 Å². The maximum absolute atomic E-state index is 12.8. The third kappa shape index (κ3) is 5.82. The first-order valence-electron chi connectivity index (χ1n) is 10.4. The molecule has 3 aromatic rings. The summed E-state index contributed by atoms with van der Waals surface area (Å²) in [4.78, 5) is 21.7. The van der Waals surface area contributed by atoms with E-state index < -0.39 is 0 Å². The van der Waals surface area contributed by atoms with Crippen LogP contribution in [0.1, 0.15) is 22.4 Å². The van der Waals surface area contributed by atoms with Crippen LogP contribution >= 0.6 is 34.7 Å². The van der Waals surface area contributed by atoms with E-state index in [0.29, 0.717) is 6.42 Å². The molecule has 0 radical (unpaired) electrons. The van der Waals surface area contributed by atoms with Gasteiger partial charge >= 0.3 is 0 Å². The largest absolute Gasteiger partial charge is 0.368 e. The minimum Gasteiger partial charge on any atom is -0.368 e. The quantitative estimate of drug-likeness (QED) is 0.438. The van der Waals surface area contributed by atoms with Gasteiger partial charge in [0.15, 0.2) is 0 Å². The Morgan fingerprint density at radius 2 is 1.84 bits per heavy atom. The Bertz CT molecular complexity index is 1040. The van der Waals surface area contributed by atoms with Gasteiger partial charge in [0, 0.05) is 48.0 Å². The predicted molar refractivity (Wildman–Crippen MR) is 132 cm³/mol. The molecule has 0 atom stereocenters. The predicted octanol–water partition coefficient (Wildman–Crippen LogP) is 5.60. The number of thioether (sulfide) groups is 1. The van der Waals surface area contributed by atoms with E-state index in [0.717, 1.165) is 52.7 Å². The summed E-state index contributed by atoms with van der Waals surface area (Å²) in [6.07, 6.45) is 0.376. The summed E-state index contributed by atoms with van der Waals surface area (Å²) in [5, 5.41) is 2.76. The molecule has 1 amide bonds. The third-order valence-electron chi connectivity index (χ3n) is 5.54. The molecule has 7 heteroatoms. The van der Waals surface area contributed by atoms with Crippen molar-refractivity contribution >= 4 is 46.3 Å². The summed E-state index contributed by atoms with van der Waals surface area (Å²) < 4.78 is 1.02. The van der Waals surface area contributed by atoms with Gasteiger partial charge in [-0.15, -0.1) is 11.3 Å². The normalized spacial score (nSPS) is 14.2. The number of aryl methyl sites for hydroxylation is 2. The Balaban J connectivity index is 1.27. The summed E-state index contributed by atoms with van der Waals surface area (Å²) in [7, 11) is 0. The number of nitrogens with zero attached hydrogens (tertiary/aromatic N) is 3. The number of benzene rings is 2. The van der Waals surface area contributed by atoms with Crippen molar-refractivity contribution in [3.8, 4) is 0 Å². The van der Waals surface area contributed by atoms with Crippen molar-refractivity contribution in [2.45, 2.75) is 30.4 Å². The van der Waals surface area contributed by atoms with E-state index in [1.54, 1.807) is 23.1 Å². The first-order chi connectivity index (χ1) is 15.0. The van der Waals surface area contributed by atoms with Crippen molar-refractivity contribution in [2.24, 2.45) is 0 Å². The van der Waals surface area contributed by atoms with Crippen LogP contribution in [0.2, 0.25) is 5.02 Å². The summed E-state index contributed by atoms with van der Waals surface area (Å²) >= 11 is 9.35. The van der Waals surface area contributed by atoms with Gasteiger partial charge in [-0.25, -0.2) is 4.98 Å². The standard InChI is InChI=1S/C24H26ClN3OS2/c1-17-3-4-18(2)19(13-17)15-30-24-26-21(16-31-24)14-23(29)28-11-9-27(10-12-28)22-7-5-20(25)6-8-22/h3-8,13,16H,9-12,14-15H2,1-2H3. The van der Waals surface area contributed by atoms with Crippen LogP contribution in [0.4, 0.5) is 5.69 Å². The Morgan fingerprint density at radius 3 is 2.58 bits per heavy atom. The van der Waals surface area contributed by atoms with Gasteiger partial charge in [-0.05, 0) is 49.2 Å². The lowest BCUT2D eigenvalue weighted by atomic mass is 10.1. The molecule has 162 valence electrons. The lowest BCUT2D eigenvalue weighted by Crippen LogP contribution is -2.49. The van der Waals surface area contributed by atoms with Crippen LogP contribution < -0.4 is 4.90 Å². The lowest BCUT2D eigenvalue weighted by molar-refractivity contribution is -0.130. The fourth-order valence-electron chi connectivity index (χ4n) is 3.66. The van der Waals surface area contributed by atoms with Gasteiger partial charge in [-0.1, -0.05) is 47.1 Å². The third-order valence-corrected chi connectivity index (χ3v) is 7.91. The van der Waals surface area contributed by atoms with E-state index in [9.17, 15) is 4.79 Å². The maximum Gasteiger partial charge on any atom is 0.228 e. The minimum absolute atomic E-state index is 0.159. The molecule has 0 spiro atoms. The lowest BCUT2D eigenvalue weighted by Gasteiger charge is -2.36. The van der Waals surface area contributed by atoms with Crippen LogP contribution in [0.5, 0.6) is 0 Å². The summed E-state index contributed by atoms with van der Waals surface area (Å²) in [6, 6.07) is 14.4. The number of piperazine rings is 1. The second kappa shape index (κ2) is 10.1. The Hall–Kier alpha value is -2.02. The molecular weight excluding hydrogens is 446 g/mol. The number of thiazole rings is 1. The highest BCUT2D eigenvalue weighted by Gasteiger charge is 2.22. The molecule has 0 N–H and O–H groups in total. The smallest absolute Gasteiger partial charge is 0.228 e. The van der Waals surface area contributed by atoms with Crippen LogP contribution in [0, 0.1) is 13.8 Å². The average molecular weight is 472 g/mol. The molecule has 1 saturated heterocycles. The number of halogens is 1. The van der Waals surface area contributed by atoms with Gasteiger partial charge in [0.2, 0.25) is 5.91 Å². The van der Waals surface area contributed by atoms with Crippen LogP contribution in [-0.4, -0.2) is 42.0 Å². The molecule has 1 aromatic heterocycles. The Kier molecular flexibility index (Phi) is 7.20. The fraction of sp³-hybridized carbons (Fsp3) is 0.333. The van der Waals surface area contributed by atoms with Crippen LogP contribution in [0.3, 0.4) is 0 Å². The second-order valence-electron chi connectivity index (χ2n) is 7.84. The number of amides is 1. The van der Waals surface area contributed by atoms with Crippen LogP contribution in [0.15, 0.2) is 52.2 Å². The van der Waals surface area contributed by atoms with Gasteiger partial charge in [0.25, 0.3) is 0 Å². The average Bonchev–Trinajstić information content (AvgIpc) is 3.22. The van der Waals surface area contributed by atoms with E-state index in [1.165, 1.54) is 16.7 Å². The van der Waals surface area contributed by atoms with Crippen molar-refractivity contribution in [3.05, 3.63) is 75.3 Å². The van der Waals surface area contributed by atoms with Crippen molar-refractivity contribution in [1.29, 1.82) is 0 Å². The number of carbonyl (C=O) groups excluding carboxylic acids is 1. The van der Waals surface area contributed by atoms with Crippen LogP contribution in [0.25, 0.3) is 0 Å². The van der Waals surface area contributed by atoms with E-state index in [2.05, 4.69) is 36.9 Å². The number of anilines is 1. The summed E-state index contributed by atoms with van der Waals surface area (Å²) in [5.41, 5.74) is 5.96. The number of hydrogen-bond donors (Lipinski definition) is 0. The van der Waals surface area contributed by atoms with Crippen LogP contribution in [-0.2, 0) is 17.0 Å². The van der Waals surface area contributed by atoms with E-state index >= 15 is 0 Å². The van der Waals surface area contributed by atoms with Gasteiger partial charge in [-0.2, -0.15) is 0 Å². The molecule has 0 aliphatic carbocycles. The summed E-state index contributed by atoms with van der Waals surface area (Å²) in [5.74, 6) is 1.06. The molecule has 4 nitrogen and oxygen atoms in total. The maximum atomic E-state index is 12.8. The number of carbonyl (C=O) groups is 1. The zero-order chi connectivity index (χ0) is 21.8. The fourth-order valence-corrected chi connectivity index (χ4v) is 5.70. The Labute approximate surface area is 197 Å². The number of aromatic nitrogens is 1. The van der Waals surface area contributed by atoms with Crippen molar-refractivity contribution in [1.82, 2.24) is 9.88 Å². The Morgan fingerprint density at radius 1 is 1.10 bits per heavy atom. The first-order valence-corrected chi connectivity index (χ1v) is 12.6. The molecule has 1 fully saturated rings. The molecule has 1 aliphatic rings. The second-order valence-corrected chi connectivity index (χ2v) is 10.4. The molecule has 0 unspecified atom stereocenters. The highest BCUT2D eigenvalue weighted by atomic mass is 35.5. The molecule has 31 heavy (non-hydrogen) atoms. The monoisotopic (exact) mass is 471 g/mol. The summed E-state index contributed by atoms with van der Waals surface area (Å²) in [6.45, 7) is 7.41. The van der Waals surface area contributed by atoms with Gasteiger partial charge in [0.1, 0.15) is 4.34 Å². The van der Waals surface area contributed by atoms with Crippen molar-refractivity contribution < 1.29 is 4.79 Å². The molecule has 2 aromatic carbocycles. The molecular formula is C24H26ClN3OS2. The zero-order valence-corrected chi connectivity index (χ0v) is 20.2.